The number of para-hydroxylation sites is 1. The molecule has 0 spiro atoms. The van der Waals surface area contributed by atoms with Crippen LogP contribution in [0.25, 0.3) is 0 Å². The first-order chi connectivity index (χ1) is 15.2. The van der Waals surface area contributed by atoms with Gasteiger partial charge in [0.1, 0.15) is 18.1 Å². The van der Waals surface area contributed by atoms with Crippen molar-refractivity contribution in [1.82, 2.24) is 4.98 Å². The lowest BCUT2D eigenvalue weighted by Gasteiger charge is -2.35. The van der Waals surface area contributed by atoms with E-state index in [4.69, 9.17) is 9.15 Å². The third kappa shape index (κ3) is 4.47. The fourth-order valence-electron chi connectivity index (χ4n) is 3.28. The first-order valence-electron chi connectivity index (χ1n) is 9.50. The zero-order valence-electron chi connectivity index (χ0n) is 16.7. The third-order valence-electron chi connectivity index (χ3n) is 4.66. The predicted molar refractivity (Wildman–Crippen MR) is 107 cm³/mol. The molecule has 32 heavy (non-hydrogen) atoms. The van der Waals surface area contributed by atoms with Crippen LogP contribution in [0.2, 0.25) is 0 Å². The number of aliphatic hydroxyl groups excluding tert-OH is 1. The predicted octanol–water partition coefficient (Wildman–Crippen LogP) is 4.03. The Balaban J connectivity index is 1.60. The summed E-state index contributed by atoms with van der Waals surface area (Å²) in [5.41, 5.74) is 0.952. The molecule has 3 aromatic rings. The molecule has 2 heterocycles. The van der Waals surface area contributed by atoms with Crippen molar-refractivity contribution in [2.45, 2.75) is 19.3 Å². The van der Waals surface area contributed by atoms with E-state index in [-0.39, 0.29) is 36.2 Å². The lowest BCUT2D eigenvalue weighted by molar-refractivity contribution is -0.274. The van der Waals surface area contributed by atoms with E-state index in [0.29, 0.717) is 11.4 Å². The van der Waals surface area contributed by atoms with Crippen LogP contribution in [0.1, 0.15) is 16.1 Å². The maximum Gasteiger partial charge on any atom is 0.573 e. The van der Waals surface area contributed by atoms with Gasteiger partial charge in [-0.15, -0.1) is 13.2 Å². The molecule has 8 nitrogen and oxygen atoms in total. The molecule has 4 rings (SSSR count). The van der Waals surface area contributed by atoms with Crippen LogP contribution in [0, 0.1) is 6.92 Å². The number of nitrogens with one attached hydrogen (secondary N) is 1. The Morgan fingerprint density at radius 3 is 2.66 bits per heavy atom. The number of alkyl halides is 3. The van der Waals surface area contributed by atoms with Gasteiger partial charge in [0, 0.05) is 5.69 Å². The van der Waals surface area contributed by atoms with Gasteiger partial charge in [0.25, 0.3) is 5.91 Å². The fourth-order valence-corrected chi connectivity index (χ4v) is 3.28. The first-order valence-corrected chi connectivity index (χ1v) is 9.50. The number of ether oxygens (including phenoxy) is 2. The van der Waals surface area contributed by atoms with E-state index < -0.39 is 24.1 Å². The number of rotatable bonds is 5. The van der Waals surface area contributed by atoms with Crippen molar-refractivity contribution in [3.8, 4) is 11.5 Å². The summed E-state index contributed by atoms with van der Waals surface area (Å²) in [6.07, 6.45) is -3.26. The van der Waals surface area contributed by atoms with Crippen LogP contribution in [0.5, 0.6) is 11.5 Å². The number of aromatic nitrogens is 1. The minimum absolute atomic E-state index is 0.0820. The quantitative estimate of drug-likeness (QED) is 0.607. The van der Waals surface area contributed by atoms with Gasteiger partial charge in [-0.25, -0.2) is 4.98 Å². The standard InChI is InChI=1S/C21H18F3N3O5/c1-12-9-25-20(31-12)27-14(10-28)11-30-18-16(3-2-4-17(18)27)19(29)26-13-5-7-15(8-6-13)32-21(22,23)24/h2-9,14,28H,10-11H2,1H3,(H,26,29). The molecule has 0 fully saturated rings. The largest absolute Gasteiger partial charge is 0.573 e. The van der Waals surface area contributed by atoms with Gasteiger partial charge in [-0.3, -0.25) is 9.69 Å². The minimum Gasteiger partial charge on any atom is -0.488 e. The number of halogens is 3. The van der Waals surface area contributed by atoms with Crippen molar-refractivity contribution in [3.05, 3.63) is 60.0 Å². The lowest BCUT2D eigenvalue weighted by atomic mass is 10.1. The smallest absolute Gasteiger partial charge is 0.488 e. The molecule has 2 N–H and O–H groups in total. The van der Waals surface area contributed by atoms with Gasteiger partial charge >= 0.3 is 12.4 Å². The molecule has 0 aliphatic carbocycles. The Hall–Kier alpha value is -3.73. The zero-order chi connectivity index (χ0) is 22.9. The number of carbonyl (C=O) groups is 1. The molecule has 0 saturated heterocycles. The molecule has 0 bridgehead atoms. The summed E-state index contributed by atoms with van der Waals surface area (Å²) in [7, 11) is 0. The number of hydrogen-bond donors (Lipinski definition) is 2. The highest BCUT2D eigenvalue weighted by Gasteiger charge is 2.34. The maximum absolute atomic E-state index is 12.9. The second-order valence-electron chi connectivity index (χ2n) is 6.95. The monoisotopic (exact) mass is 449 g/mol. The van der Waals surface area contributed by atoms with Crippen molar-refractivity contribution in [2.24, 2.45) is 0 Å². The van der Waals surface area contributed by atoms with Crippen LogP contribution in [-0.4, -0.2) is 41.6 Å². The molecule has 1 aliphatic heterocycles. The molecular formula is C21H18F3N3O5. The highest BCUT2D eigenvalue weighted by atomic mass is 19.4. The summed E-state index contributed by atoms with van der Waals surface area (Å²) in [5, 5.41) is 12.4. The minimum atomic E-state index is -4.80. The Morgan fingerprint density at radius 1 is 1.28 bits per heavy atom. The van der Waals surface area contributed by atoms with E-state index in [2.05, 4.69) is 15.0 Å². The topological polar surface area (TPSA) is 97.1 Å². The van der Waals surface area contributed by atoms with E-state index in [1.807, 2.05) is 0 Å². The summed E-state index contributed by atoms with van der Waals surface area (Å²) < 4.78 is 52.1. The number of amides is 1. The van der Waals surface area contributed by atoms with Crippen LogP contribution in [0.3, 0.4) is 0 Å². The molecule has 2 aromatic carbocycles. The van der Waals surface area contributed by atoms with Gasteiger partial charge in [-0.05, 0) is 43.3 Å². The molecule has 1 aliphatic rings. The van der Waals surface area contributed by atoms with E-state index in [9.17, 15) is 23.1 Å². The number of aliphatic hydroxyl groups is 1. The molecule has 1 aromatic heterocycles. The number of hydrogen-bond acceptors (Lipinski definition) is 7. The number of aryl methyl sites for hydroxylation is 1. The average molecular weight is 449 g/mol. The van der Waals surface area contributed by atoms with Crippen LogP contribution in [0.4, 0.5) is 30.6 Å². The molecule has 1 unspecified atom stereocenters. The maximum atomic E-state index is 12.9. The molecule has 1 amide bonds. The second-order valence-corrected chi connectivity index (χ2v) is 6.95. The highest BCUT2D eigenvalue weighted by Crippen LogP contribution is 2.41. The summed E-state index contributed by atoms with van der Waals surface area (Å²) in [5.74, 6) is -0.0840. The molecule has 11 heteroatoms. The number of oxazole rings is 1. The summed E-state index contributed by atoms with van der Waals surface area (Å²) in [6.45, 7) is 1.59. The Bertz CT molecular complexity index is 1110. The molecule has 1 atom stereocenters. The molecule has 168 valence electrons. The van der Waals surface area contributed by atoms with Crippen molar-refractivity contribution in [3.63, 3.8) is 0 Å². The normalized spacial score (nSPS) is 15.7. The summed E-state index contributed by atoms with van der Waals surface area (Å²) >= 11 is 0. The zero-order valence-corrected chi connectivity index (χ0v) is 16.7. The van der Waals surface area contributed by atoms with Gasteiger partial charge < -0.3 is 24.3 Å². The van der Waals surface area contributed by atoms with Crippen molar-refractivity contribution < 1.29 is 37.0 Å². The number of anilines is 3. The number of fused-ring (bicyclic) bond motifs is 1. The van der Waals surface area contributed by atoms with Crippen molar-refractivity contribution >= 4 is 23.3 Å². The Morgan fingerprint density at radius 2 is 2.03 bits per heavy atom. The first kappa shape index (κ1) is 21.5. The van der Waals surface area contributed by atoms with Gasteiger partial charge in [-0.2, -0.15) is 0 Å². The fraction of sp³-hybridized carbons (Fsp3) is 0.238. The van der Waals surface area contributed by atoms with Crippen LogP contribution in [0.15, 0.2) is 53.1 Å². The van der Waals surface area contributed by atoms with Gasteiger partial charge in [0.2, 0.25) is 0 Å². The number of carbonyl (C=O) groups excluding carboxylic acids is 1. The van der Waals surface area contributed by atoms with E-state index in [1.54, 1.807) is 36.2 Å². The molecule has 0 saturated carbocycles. The van der Waals surface area contributed by atoms with Crippen LogP contribution >= 0.6 is 0 Å². The average Bonchev–Trinajstić information content (AvgIpc) is 3.18. The summed E-state index contributed by atoms with van der Waals surface area (Å²) in [6, 6.07) is 9.45. The summed E-state index contributed by atoms with van der Waals surface area (Å²) in [4.78, 5) is 18.8. The lowest BCUT2D eigenvalue weighted by Crippen LogP contribution is -2.43. The van der Waals surface area contributed by atoms with Gasteiger partial charge in [-0.1, -0.05) is 6.07 Å². The van der Waals surface area contributed by atoms with Crippen molar-refractivity contribution in [2.75, 3.05) is 23.4 Å². The number of benzene rings is 2. The van der Waals surface area contributed by atoms with Gasteiger partial charge in [0.15, 0.2) is 5.75 Å². The highest BCUT2D eigenvalue weighted by molar-refractivity contribution is 6.07. The van der Waals surface area contributed by atoms with Crippen molar-refractivity contribution in [1.29, 1.82) is 0 Å². The van der Waals surface area contributed by atoms with E-state index >= 15 is 0 Å². The van der Waals surface area contributed by atoms with Crippen LogP contribution < -0.4 is 19.7 Å². The Labute approximate surface area is 180 Å². The number of nitrogens with zero attached hydrogens (tertiary/aromatic N) is 2. The van der Waals surface area contributed by atoms with E-state index in [1.165, 1.54) is 12.1 Å². The third-order valence-corrected chi connectivity index (χ3v) is 4.66. The van der Waals surface area contributed by atoms with Crippen LogP contribution in [-0.2, 0) is 0 Å². The SMILES string of the molecule is Cc1cnc(N2c3cccc(C(=O)Nc4ccc(OC(F)(F)F)cc4)c3OCC2CO)o1. The van der Waals surface area contributed by atoms with E-state index in [0.717, 1.165) is 12.1 Å². The molecular weight excluding hydrogens is 431 g/mol. The van der Waals surface area contributed by atoms with Gasteiger partial charge in [0.05, 0.1) is 30.1 Å². The Kier molecular flexibility index (Phi) is 5.66. The second kappa shape index (κ2) is 8.42. The molecule has 0 radical (unpaired) electrons.